The lowest BCUT2D eigenvalue weighted by atomic mass is 9.74. The zero-order valence-corrected chi connectivity index (χ0v) is 13.5. The van der Waals surface area contributed by atoms with Crippen LogP contribution in [0.15, 0.2) is 0 Å². The van der Waals surface area contributed by atoms with Gasteiger partial charge in [-0.2, -0.15) is 0 Å². The van der Waals surface area contributed by atoms with Crippen molar-refractivity contribution in [3.8, 4) is 0 Å². The lowest BCUT2D eigenvalue weighted by molar-refractivity contribution is -0.130. The molecule has 1 aliphatic heterocycles. The molecule has 1 amide bonds. The standard InChI is InChI=1S/C17H32N2O/c1-13(2)15-7-6-14(3)12-16(15)18-9-8-17(20)19-10-4-5-11-19/h13-16,18H,4-12H2,1-3H3. The molecule has 116 valence electrons. The van der Waals surface area contributed by atoms with Crippen LogP contribution in [0.5, 0.6) is 0 Å². The van der Waals surface area contributed by atoms with Crippen molar-refractivity contribution in [2.24, 2.45) is 17.8 Å². The van der Waals surface area contributed by atoms with Crippen LogP contribution < -0.4 is 5.32 Å². The predicted molar refractivity (Wildman–Crippen MR) is 83.6 cm³/mol. The summed E-state index contributed by atoms with van der Waals surface area (Å²) in [6.07, 6.45) is 7.05. The molecule has 1 saturated carbocycles. The van der Waals surface area contributed by atoms with Crippen molar-refractivity contribution >= 4 is 5.91 Å². The van der Waals surface area contributed by atoms with Crippen LogP contribution in [0, 0.1) is 17.8 Å². The van der Waals surface area contributed by atoms with Crippen molar-refractivity contribution in [2.45, 2.75) is 65.3 Å². The van der Waals surface area contributed by atoms with E-state index in [-0.39, 0.29) is 0 Å². The largest absolute Gasteiger partial charge is 0.343 e. The summed E-state index contributed by atoms with van der Waals surface area (Å²) >= 11 is 0. The highest BCUT2D eigenvalue weighted by Gasteiger charge is 2.30. The maximum absolute atomic E-state index is 12.1. The molecule has 3 unspecified atom stereocenters. The molecule has 3 heteroatoms. The highest BCUT2D eigenvalue weighted by Crippen LogP contribution is 2.33. The Kier molecular flexibility index (Phi) is 5.88. The van der Waals surface area contributed by atoms with Gasteiger partial charge in [0.25, 0.3) is 0 Å². The monoisotopic (exact) mass is 280 g/mol. The van der Waals surface area contributed by atoms with Gasteiger partial charge in [-0.25, -0.2) is 0 Å². The first-order valence-electron chi connectivity index (χ1n) is 8.59. The minimum absolute atomic E-state index is 0.347. The molecular formula is C17H32N2O. The van der Waals surface area contributed by atoms with E-state index in [1.54, 1.807) is 0 Å². The minimum atomic E-state index is 0.347. The van der Waals surface area contributed by atoms with Gasteiger partial charge in [-0.3, -0.25) is 4.79 Å². The molecule has 3 nitrogen and oxygen atoms in total. The molecule has 0 radical (unpaired) electrons. The topological polar surface area (TPSA) is 32.3 Å². The van der Waals surface area contributed by atoms with Gasteiger partial charge in [0.1, 0.15) is 0 Å². The van der Waals surface area contributed by atoms with E-state index in [0.29, 0.717) is 18.4 Å². The maximum atomic E-state index is 12.1. The van der Waals surface area contributed by atoms with E-state index < -0.39 is 0 Å². The quantitative estimate of drug-likeness (QED) is 0.839. The Morgan fingerprint density at radius 3 is 2.60 bits per heavy atom. The molecule has 1 heterocycles. The van der Waals surface area contributed by atoms with Gasteiger partial charge in [0.2, 0.25) is 5.91 Å². The average molecular weight is 280 g/mol. The number of amides is 1. The zero-order chi connectivity index (χ0) is 14.5. The third kappa shape index (κ3) is 4.21. The molecule has 2 rings (SSSR count). The highest BCUT2D eigenvalue weighted by molar-refractivity contribution is 5.76. The van der Waals surface area contributed by atoms with Crippen molar-refractivity contribution in [3.63, 3.8) is 0 Å². The van der Waals surface area contributed by atoms with Crippen molar-refractivity contribution in [1.29, 1.82) is 0 Å². The SMILES string of the molecule is CC1CCC(C(C)C)C(NCCC(=O)N2CCCC2)C1. The summed E-state index contributed by atoms with van der Waals surface area (Å²) in [5.74, 6) is 2.71. The molecular weight excluding hydrogens is 248 g/mol. The first-order valence-corrected chi connectivity index (χ1v) is 8.59. The van der Waals surface area contributed by atoms with Gasteiger partial charge in [-0.15, -0.1) is 0 Å². The zero-order valence-electron chi connectivity index (χ0n) is 13.5. The fourth-order valence-electron chi connectivity index (χ4n) is 3.93. The molecule has 1 N–H and O–H groups in total. The van der Waals surface area contributed by atoms with Gasteiger partial charge in [-0.1, -0.05) is 27.2 Å². The van der Waals surface area contributed by atoms with Crippen molar-refractivity contribution in [3.05, 3.63) is 0 Å². The van der Waals surface area contributed by atoms with Crippen LogP contribution in [0.3, 0.4) is 0 Å². The van der Waals surface area contributed by atoms with Crippen LogP contribution in [0.2, 0.25) is 0 Å². The molecule has 2 fully saturated rings. The second kappa shape index (κ2) is 7.44. The molecule has 0 aromatic carbocycles. The Morgan fingerprint density at radius 1 is 1.25 bits per heavy atom. The van der Waals surface area contributed by atoms with E-state index in [2.05, 4.69) is 26.1 Å². The molecule has 20 heavy (non-hydrogen) atoms. The lowest BCUT2D eigenvalue weighted by Crippen LogP contribution is -2.44. The number of carbonyl (C=O) groups is 1. The van der Waals surface area contributed by atoms with E-state index in [1.165, 1.54) is 32.1 Å². The summed E-state index contributed by atoms with van der Waals surface area (Å²) in [5.41, 5.74) is 0. The third-order valence-electron chi connectivity index (χ3n) is 5.23. The smallest absolute Gasteiger partial charge is 0.223 e. The third-order valence-corrected chi connectivity index (χ3v) is 5.23. The first-order chi connectivity index (χ1) is 9.58. The summed E-state index contributed by atoms with van der Waals surface area (Å²) in [5, 5.41) is 3.69. The van der Waals surface area contributed by atoms with Gasteiger partial charge in [0.05, 0.1) is 0 Å². The van der Waals surface area contributed by atoms with Crippen LogP contribution in [0.1, 0.15) is 59.3 Å². The second-order valence-electron chi connectivity index (χ2n) is 7.22. The fourth-order valence-corrected chi connectivity index (χ4v) is 3.93. The molecule has 1 saturated heterocycles. The number of nitrogens with zero attached hydrogens (tertiary/aromatic N) is 1. The predicted octanol–water partition coefficient (Wildman–Crippen LogP) is 3.05. The number of rotatable bonds is 5. The number of nitrogens with one attached hydrogen (secondary N) is 1. The van der Waals surface area contributed by atoms with Gasteiger partial charge >= 0.3 is 0 Å². The summed E-state index contributed by atoms with van der Waals surface area (Å²) in [6, 6.07) is 0.616. The molecule has 3 atom stereocenters. The Hall–Kier alpha value is -0.570. The fraction of sp³-hybridized carbons (Fsp3) is 0.941. The summed E-state index contributed by atoms with van der Waals surface area (Å²) in [4.78, 5) is 14.1. The second-order valence-corrected chi connectivity index (χ2v) is 7.22. The van der Waals surface area contributed by atoms with Crippen LogP contribution in [0.25, 0.3) is 0 Å². The normalized spacial score (nSPS) is 31.0. The Bertz CT molecular complexity index is 310. The van der Waals surface area contributed by atoms with Crippen molar-refractivity contribution in [1.82, 2.24) is 10.2 Å². The molecule has 0 aromatic rings. The van der Waals surface area contributed by atoms with Crippen LogP contribution in [-0.2, 0) is 4.79 Å². The van der Waals surface area contributed by atoms with Gasteiger partial charge in [-0.05, 0) is 43.4 Å². The lowest BCUT2D eigenvalue weighted by Gasteiger charge is -2.38. The minimum Gasteiger partial charge on any atom is -0.343 e. The number of likely N-dealkylation sites (tertiary alicyclic amines) is 1. The van der Waals surface area contributed by atoms with Crippen molar-refractivity contribution in [2.75, 3.05) is 19.6 Å². The van der Waals surface area contributed by atoms with Crippen LogP contribution in [-0.4, -0.2) is 36.5 Å². The maximum Gasteiger partial charge on any atom is 0.223 e. The van der Waals surface area contributed by atoms with E-state index in [0.717, 1.165) is 37.4 Å². The number of carbonyl (C=O) groups excluding carboxylic acids is 1. The van der Waals surface area contributed by atoms with E-state index in [9.17, 15) is 4.79 Å². The molecule has 1 aliphatic carbocycles. The molecule has 2 aliphatic rings. The Balaban J connectivity index is 1.74. The van der Waals surface area contributed by atoms with E-state index in [1.807, 2.05) is 4.90 Å². The van der Waals surface area contributed by atoms with Crippen LogP contribution in [0.4, 0.5) is 0 Å². The molecule has 0 aromatic heterocycles. The highest BCUT2D eigenvalue weighted by atomic mass is 16.2. The molecule has 0 spiro atoms. The van der Waals surface area contributed by atoms with Gasteiger partial charge in [0, 0.05) is 32.1 Å². The first kappa shape index (κ1) is 15.8. The van der Waals surface area contributed by atoms with Gasteiger partial charge in [0.15, 0.2) is 0 Å². The number of hydrogen-bond acceptors (Lipinski definition) is 2. The summed E-state index contributed by atoms with van der Waals surface area (Å²) in [7, 11) is 0. The number of hydrogen-bond donors (Lipinski definition) is 1. The summed E-state index contributed by atoms with van der Waals surface area (Å²) in [6.45, 7) is 9.85. The van der Waals surface area contributed by atoms with Gasteiger partial charge < -0.3 is 10.2 Å². The Morgan fingerprint density at radius 2 is 1.95 bits per heavy atom. The van der Waals surface area contributed by atoms with Crippen molar-refractivity contribution < 1.29 is 4.79 Å². The average Bonchev–Trinajstić information content (AvgIpc) is 2.92. The van der Waals surface area contributed by atoms with E-state index >= 15 is 0 Å². The Labute approximate surface area is 124 Å². The summed E-state index contributed by atoms with van der Waals surface area (Å²) < 4.78 is 0. The molecule has 0 bridgehead atoms. The van der Waals surface area contributed by atoms with E-state index in [4.69, 9.17) is 0 Å². The van der Waals surface area contributed by atoms with Crippen LogP contribution >= 0.6 is 0 Å².